The Balaban J connectivity index is 1.82. The summed E-state index contributed by atoms with van der Waals surface area (Å²) in [5.74, 6) is 0.593. The Kier molecular flexibility index (Phi) is 5.04. The van der Waals surface area contributed by atoms with E-state index in [1.54, 1.807) is 18.2 Å². The van der Waals surface area contributed by atoms with Crippen LogP contribution >= 0.6 is 11.3 Å². The molecule has 4 aromatic rings. The van der Waals surface area contributed by atoms with Gasteiger partial charge in [-0.25, -0.2) is 4.98 Å². The number of pyridine rings is 1. The van der Waals surface area contributed by atoms with Crippen molar-refractivity contribution in [2.45, 2.75) is 13.5 Å². The lowest BCUT2D eigenvalue weighted by atomic mass is 10.2. The molecule has 0 saturated carbocycles. The van der Waals surface area contributed by atoms with E-state index in [0.29, 0.717) is 23.0 Å². The van der Waals surface area contributed by atoms with E-state index >= 15 is 0 Å². The highest BCUT2D eigenvalue weighted by molar-refractivity contribution is 7.22. The Hall–Kier alpha value is -3.25. The zero-order valence-electron chi connectivity index (χ0n) is 15.6. The van der Waals surface area contributed by atoms with E-state index in [1.807, 2.05) is 67.6 Å². The number of anilines is 1. The number of fused-ring (bicyclic) bond motifs is 1. The molecule has 0 aliphatic rings. The molecule has 0 aliphatic carbocycles. The molecule has 0 aliphatic heterocycles. The monoisotopic (exact) mass is 389 g/mol. The van der Waals surface area contributed by atoms with E-state index < -0.39 is 0 Å². The summed E-state index contributed by atoms with van der Waals surface area (Å²) in [5.41, 5.74) is 3.29. The number of hydrogen-bond acceptors (Lipinski definition) is 5. The van der Waals surface area contributed by atoms with Gasteiger partial charge in [0.15, 0.2) is 5.13 Å². The van der Waals surface area contributed by atoms with Gasteiger partial charge in [0.25, 0.3) is 5.91 Å². The Morgan fingerprint density at radius 3 is 2.57 bits per heavy atom. The van der Waals surface area contributed by atoms with Crippen molar-refractivity contribution < 1.29 is 9.53 Å². The fraction of sp³-hybridized carbons (Fsp3) is 0.136. The smallest absolute Gasteiger partial charge is 0.260 e. The van der Waals surface area contributed by atoms with Gasteiger partial charge in [-0.3, -0.25) is 14.7 Å². The lowest BCUT2D eigenvalue weighted by molar-refractivity contribution is 0.0985. The Morgan fingerprint density at radius 2 is 1.86 bits per heavy atom. The molecular weight excluding hydrogens is 370 g/mol. The number of carbonyl (C=O) groups excluding carboxylic acids is 1. The minimum Gasteiger partial charge on any atom is -0.494 e. The Morgan fingerprint density at radius 1 is 1.07 bits per heavy atom. The number of amides is 1. The van der Waals surface area contributed by atoms with Crippen molar-refractivity contribution in [3.8, 4) is 5.75 Å². The molecule has 0 radical (unpaired) electrons. The van der Waals surface area contributed by atoms with Crippen LogP contribution in [0.2, 0.25) is 0 Å². The number of aryl methyl sites for hydroxylation is 1. The number of thiazole rings is 1. The van der Waals surface area contributed by atoms with Crippen molar-refractivity contribution in [3.05, 3.63) is 83.7 Å². The molecular formula is C22H19N3O2S. The molecule has 0 unspecified atom stereocenters. The molecule has 0 fully saturated rings. The van der Waals surface area contributed by atoms with Gasteiger partial charge in [-0.2, -0.15) is 0 Å². The summed E-state index contributed by atoms with van der Waals surface area (Å²) in [7, 11) is 1.63. The quantitative estimate of drug-likeness (QED) is 0.489. The average Bonchev–Trinajstić information content (AvgIpc) is 3.19. The predicted octanol–water partition coefficient (Wildman–Crippen LogP) is 4.86. The van der Waals surface area contributed by atoms with E-state index in [1.165, 1.54) is 11.3 Å². The van der Waals surface area contributed by atoms with E-state index in [4.69, 9.17) is 9.72 Å². The minimum absolute atomic E-state index is 0.109. The third-order valence-corrected chi connectivity index (χ3v) is 5.67. The van der Waals surface area contributed by atoms with E-state index in [-0.39, 0.29) is 5.91 Å². The molecule has 2 aromatic carbocycles. The van der Waals surface area contributed by atoms with Crippen LogP contribution in [-0.4, -0.2) is 23.0 Å². The second-order valence-electron chi connectivity index (χ2n) is 6.34. The van der Waals surface area contributed by atoms with Crippen molar-refractivity contribution in [3.63, 3.8) is 0 Å². The first kappa shape index (κ1) is 18.1. The van der Waals surface area contributed by atoms with Crippen LogP contribution in [-0.2, 0) is 6.54 Å². The normalized spacial score (nSPS) is 10.8. The van der Waals surface area contributed by atoms with Crippen LogP contribution in [0.5, 0.6) is 5.75 Å². The third kappa shape index (κ3) is 3.46. The Bertz CT molecular complexity index is 1110. The zero-order valence-corrected chi connectivity index (χ0v) is 16.4. The zero-order chi connectivity index (χ0) is 19.5. The van der Waals surface area contributed by atoms with Gasteiger partial charge in [0, 0.05) is 11.8 Å². The standard InChI is InChI=1S/C22H19N3O2S/c1-15-11-12-18(27-2)19-20(15)28-22(24-19)25(14-17-10-6-7-13-23-17)21(26)16-8-4-3-5-9-16/h3-13H,14H2,1-2H3. The number of methoxy groups -OCH3 is 1. The van der Waals surface area contributed by atoms with E-state index in [2.05, 4.69) is 4.98 Å². The second-order valence-corrected chi connectivity index (χ2v) is 7.31. The highest BCUT2D eigenvalue weighted by Crippen LogP contribution is 2.37. The number of rotatable bonds is 5. The SMILES string of the molecule is COc1ccc(C)c2sc(N(Cc3ccccn3)C(=O)c3ccccc3)nc12. The molecule has 2 heterocycles. The number of carbonyl (C=O) groups is 1. The summed E-state index contributed by atoms with van der Waals surface area (Å²) in [6.45, 7) is 2.38. The molecule has 0 atom stereocenters. The van der Waals surface area contributed by atoms with Crippen LogP contribution in [0.15, 0.2) is 66.9 Å². The number of ether oxygens (including phenoxy) is 1. The van der Waals surface area contributed by atoms with Crippen LogP contribution in [0.4, 0.5) is 5.13 Å². The van der Waals surface area contributed by atoms with Crippen molar-refractivity contribution in [2.75, 3.05) is 12.0 Å². The summed E-state index contributed by atoms with van der Waals surface area (Å²) < 4.78 is 6.48. The lowest BCUT2D eigenvalue weighted by Gasteiger charge is -2.19. The maximum absolute atomic E-state index is 13.3. The molecule has 4 rings (SSSR count). The van der Waals surface area contributed by atoms with Gasteiger partial charge in [-0.15, -0.1) is 0 Å². The molecule has 2 aromatic heterocycles. The summed E-state index contributed by atoms with van der Waals surface area (Å²) in [6.07, 6.45) is 1.73. The molecule has 0 saturated heterocycles. The number of nitrogens with zero attached hydrogens (tertiary/aromatic N) is 3. The van der Waals surface area contributed by atoms with Crippen LogP contribution in [0.25, 0.3) is 10.2 Å². The molecule has 140 valence electrons. The van der Waals surface area contributed by atoms with Gasteiger partial charge in [-0.05, 0) is 42.8 Å². The summed E-state index contributed by atoms with van der Waals surface area (Å²) in [6, 6.07) is 18.8. The molecule has 28 heavy (non-hydrogen) atoms. The average molecular weight is 389 g/mol. The fourth-order valence-corrected chi connectivity index (χ4v) is 4.04. The number of hydrogen-bond donors (Lipinski definition) is 0. The van der Waals surface area contributed by atoms with Crippen LogP contribution < -0.4 is 9.64 Å². The highest BCUT2D eigenvalue weighted by atomic mass is 32.1. The van der Waals surface area contributed by atoms with Crippen molar-refractivity contribution >= 4 is 32.6 Å². The fourth-order valence-electron chi connectivity index (χ4n) is 3.00. The number of benzene rings is 2. The maximum atomic E-state index is 13.3. The highest BCUT2D eigenvalue weighted by Gasteiger charge is 2.23. The predicted molar refractivity (Wildman–Crippen MR) is 112 cm³/mol. The number of aromatic nitrogens is 2. The lowest BCUT2D eigenvalue weighted by Crippen LogP contribution is -2.30. The molecule has 6 heteroatoms. The van der Waals surface area contributed by atoms with Crippen LogP contribution in [0.1, 0.15) is 21.6 Å². The summed E-state index contributed by atoms with van der Waals surface area (Å²) >= 11 is 1.49. The van der Waals surface area contributed by atoms with Crippen LogP contribution in [0, 0.1) is 6.92 Å². The third-order valence-electron chi connectivity index (χ3n) is 4.46. The van der Waals surface area contributed by atoms with E-state index in [0.717, 1.165) is 21.5 Å². The first-order valence-electron chi connectivity index (χ1n) is 8.88. The maximum Gasteiger partial charge on any atom is 0.260 e. The topological polar surface area (TPSA) is 55.3 Å². The van der Waals surface area contributed by atoms with Gasteiger partial charge in [0.2, 0.25) is 0 Å². The first-order valence-corrected chi connectivity index (χ1v) is 9.70. The molecule has 0 spiro atoms. The van der Waals surface area contributed by atoms with Gasteiger partial charge in [-0.1, -0.05) is 41.7 Å². The van der Waals surface area contributed by atoms with Gasteiger partial charge < -0.3 is 4.74 Å². The van der Waals surface area contributed by atoms with Crippen molar-refractivity contribution in [2.24, 2.45) is 0 Å². The molecule has 0 bridgehead atoms. The van der Waals surface area contributed by atoms with E-state index in [9.17, 15) is 4.79 Å². The largest absolute Gasteiger partial charge is 0.494 e. The molecule has 5 nitrogen and oxygen atoms in total. The van der Waals surface area contributed by atoms with Crippen LogP contribution in [0.3, 0.4) is 0 Å². The van der Waals surface area contributed by atoms with Gasteiger partial charge in [0.05, 0.1) is 24.0 Å². The van der Waals surface area contributed by atoms with Gasteiger partial charge >= 0.3 is 0 Å². The summed E-state index contributed by atoms with van der Waals surface area (Å²) in [5, 5.41) is 0.627. The molecule has 0 N–H and O–H groups in total. The van der Waals surface area contributed by atoms with Crippen molar-refractivity contribution in [1.29, 1.82) is 0 Å². The minimum atomic E-state index is -0.109. The molecule has 1 amide bonds. The van der Waals surface area contributed by atoms with Crippen molar-refractivity contribution in [1.82, 2.24) is 9.97 Å². The summed E-state index contributed by atoms with van der Waals surface area (Å²) in [4.78, 5) is 24.1. The Labute approximate surface area is 167 Å². The van der Waals surface area contributed by atoms with Gasteiger partial charge in [0.1, 0.15) is 11.3 Å². The first-order chi connectivity index (χ1) is 13.7. The second kappa shape index (κ2) is 7.78.